The Morgan fingerprint density at radius 2 is 1.89 bits per heavy atom. The Labute approximate surface area is 210 Å². The fourth-order valence-electron chi connectivity index (χ4n) is 4.10. The Balaban J connectivity index is 1.26. The lowest BCUT2D eigenvalue weighted by Gasteiger charge is -2.34. The average molecular weight is 490 g/mol. The number of fused-ring (bicyclic) bond motifs is 1. The highest BCUT2D eigenvalue weighted by atomic mass is 16.5. The summed E-state index contributed by atoms with van der Waals surface area (Å²) in [7, 11) is 0. The van der Waals surface area contributed by atoms with E-state index in [0.29, 0.717) is 54.2 Å². The van der Waals surface area contributed by atoms with Crippen LogP contribution in [0.2, 0.25) is 0 Å². The molecule has 9 nitrogen and oxygen atoms in total. The molecule has 0 aliphatic carbocycles. The first-order chi connectivity index (χ1) is 17.1. The third-order valence-electron chi connectivity index (χ3n) is 5.88. The largest absolute Gasteiger partial charge is 0.436 e. The van der Waals surface area contributed by atoms with E-state index in [-0.39, 0.29) is 30.2 Å². The van der Waals surface area contributed by atoms with Crippen molar-refractivity contribution >= 4 is 28.7 Å². The Hall–Kier alpha value is -3.90. The first-order valence-corrected chi connectivity index (χ1v) is 12.0. The average Bonchev–Trinajstić information content (AvgIpc) is 3.27. The van der Waals surface area contributed by atoms with Crippen LogP contribution in [0.4, 0.5) is 10.5 Å². The Kier molecular flexibility index (Phi) is 7.27. The molecule has 0 atom stereocenters. The molecule has 0 spiro atoms. The minimum Gasteiger partial charge on any atom is -0.436 e. The number of urea groups is 1. The number of aryl methyl sites for hydroxylation is 1. The molecular formula is C27H31N5O4. The van der Waals surface area contributed by atoms with Gasteiger partial charge in [-0.25, -0.2) is 9.78 Å². The van der Waals surface area contributed by atoms with Crippen LogP contribution in [0, 0.1) is 18.3 Å². The number of ether oxygens (including phenoxy) is 1. The Bertz CT molecular complexity index is 1290. The molecule has 188 valence electrons. The molecular weight excluding hydrogens is 458 g/mol. The second-order valence-electron chi connectivity index (χ2n) is 10.1. The molecule has 0 saturated carbocycles. The number of hydrogen-bond donors (Lipinski definition) is 2. The van der Waals surface area contributed by atoms with Crippen molar-refractivity contribution in [2.45, 2.75) is 52.2 Å². The Morgan fingerprint density at radius 1 is 1.19 bits per heavy atom. The van der Waals surface area contributed by atoms with E-state index < -0.39 is 0 Å². The third kappa shape index (κ3) is 6.20. The van der Waals surface area contributed by atoms with E-state index in [1.165, 1.54) is 0 Å². The molecule has 2 heterocycles. The molecule has 1 aliphatic rings. The zero-order valence-corrected chi connectivity index (χ0v) is 21.1. The number of oxazole rings is 1. The number of aromatic nitrogens is 1. The van der Waals surface area contributed by atoms with Crippen LogP contribution in [0.25, 0.3) is 22.6 Å². The van der Waals surface area contributed by atoms with Gasteiger partial charge in [0.2, 0.25) is 11.8 Å². The zero-order chi connectivity index (χ0) is 25.9. The maximum Gasteiger partial charge on any atom is 0.317 e. The van der Waals surface area contributed by atoms with Gasteiger partial charge in [0.1, 0.15) is 12.1 Å². The molecule has 1 saturated heterocycles. The van der Waals surface area contributed by atoms with E-state index in [1.54, 1.807) is 29.2 Å². The van der Waals surface area contributed by atoms with Gasteiger partial charge in [0.05, 0.1) is 17.7 Å². The number of carbonyl (C=O) groups excluding carboxylic acids is 2. The summed E-state index contributed by atoms with van der Waals surface area (Å²) in [5.41, 5.74) is 3.81. The van der Waals surface area contributed by atoms with Crippen LogP contribution in [-0.4, -0.2) is 53.2 Å². The highest BCUT2D eigenvalue weighted by Crippen LogP contribution is 2.28. The van der Waals surface area contributed by atoms with Crippen molar-refractivity contribution in [1.82, 2.24) is 15.2 Å². The maximum absolute atomic E-state index is 12.4. The molecule has 3 aromatic rings. The molecule has 4 rings (SSSR count). The standard InChI is InChI=1S/C27H31N5O4/c1-17-13-18(15-28)14-22-24(17)36-25(30-22)19-5-7-20(8-6-19)29-23(33)16-35-21-9-11-32(12-10-21)26(34)31-27(2,3)4/h5-8,13-14,21H,9-12,16H2,1-4H3,(H,29,33)(H,31,34). The summed E-state index contributed by atoms with van der Waals surface area (Å²) in [6, 6.07) is 12.7. The van der Waals surface area contributed by atoms with E-state index in [0.717, 1.165) is 11.1 Å². The lowest BCUT2D eigenvalue weighted by atomic mass is 10.1. The Morgan fingerprint density at radius 3 is 2.53 bits per heavy atom. The zero-order valence-electron chi connectivity index (χ0n) is 21.1. The van der Waals surface area contributed by atoms with Gasteiger partial charge in [0, 0.05) is 29.9 Å². The first kappa shape index (κ1) is 25.2. The van der Waals surface area contributed by atoms with Crippen LogP contribution in [0.5, 0.6) is 0 Å². The van der Waals surface area contributed by atoms with Crippen molar-refractivity contribution in [2.24, 2.45) is 0 Å². The second-order valence-corrected chi connectivity index (χ2v) is 10.1. The molecule has 3 amide bonds. The fourth-order valence-corrected chi connectivity index (χ4v) is 4.10. The SMILES string of the molecule is Cc1cc(C#N)cc2nc(-c3ccc(NC(=O)COC4CCN(C(=O)NC(C)(C)C)CC4)cc3)oc12. The van der Waals surface area contributed by atoms with Gasteiger partial charge in [-0.3, -0.25) is 4.79 Å². The molecule has 2 aromatic carbocycles. The summed E-state index contributed by atoms with van der Waals surface area (Å²) in [6.07, 6.45) is 1.33. The van der Waals surface area contributed by atoms with Crippen molar-refractivity contribution in [1.29, 1.82) is 5.26 Å². The molecule has 2 N–H and O–H groups in total. The van der Waals surface area contributed by atoms with Crippen LogP contribution in [-0.2, 0) is 9.53 Å². The number of piperidine rings is 1. The molecule has 9 heteroatoms. The highest BCUT2D eigenvalue weighted by Gasteiger charge is 2.26. The summed E-state index contributed by atoms with van der Waals surface area (Å²) in [5.74, 6) is 0.212. The van der Waals surface area contributed by atoms with Crippen LogP contribution in [0.15, 0.2) is 40.8 Å². The van der Waals surface area contributed by atoms with Gasteiger partial charge >= 0.3 is 6.03 Å². The number of hydrogen-bond acceptors (Lipinski definition) is 6. The first-order valence-electron chi connectivity index (χ1n) is 12.0. The number of likely N-dealkylation sites (tertiary alicyclic amines) is 1. The number of nitrogens with one attached hydrogen (secondary N) is 2. The van der Waals surface area contributed by atoms with Gasteiger partial charge in [-0.2, -0.15) is 5.26 Å². The minimum atomic E-state index is -0.273. The fraction of sp³-hybridized carbons (Fsp3) is 0.407. The number of nitrogens with zero attached hydrogens (tertiary/aromatic N) is 3. The number of nitriles is 1. The van der Waals surface area contributed by atoms with Crippen molar-refractivity contribution in [3.8, 4) is 17.5 Å². The van der Waals surface area contributed by atoms with Gasteiger partial charge in [-0.1, -0.05) is 0 Å². The molecule has 0 bridgehead atoms. The maximum atomic E-state index is 12.4. The minimum absolute atomic E-state index is 0.0494. The number of amides is 3. The van der Waals surface area contributed by atoms with E-state index >= 15 is 0 Å². The topological polar surface area (TPSA) is 120 Å². The van der Waals surface area contributed by atoms with Gasteiger partial charge < -0.3 is 24.7 Å². The lowest BCUT2D eigenvalue weighted by molar-refractivity contribution is -0.123. The lowest BCUT2D eigenvalue weighted by Crippen LogP contribution is -2.51. The van der Waals surface area contributed by atoms with Gasteiger partial charge in [0.15, 0.2) is 5.58 Å². The predicted octanol–water partition coefficient (Wildman–Crippen LogP) is 4.60. The van der Waals surface area contributed by atoms with Crippen LogP contribution >= 0.6 is 0 Å². The smallest absolute Gasteiger partial charge is 0.317 e. The summed E-state index contributed by atoms with van der Waals surface area (Å²) in [4.78, 5) is 31.0. The van der Waals surface area contributed by atoms with E-state index in [4.69, 9.17) is 14.4 Å². The summed E-state index contributed by atoms with van der Waals surface area (Å²) in [5, 5.41) is 15.0. The van der Waals surface area contributed by atoms with Gasteiger partial charge in [-0.15, -0.1) is 0 Å². The van der Waals surface area contributed by atoms with Crippen molar-refractivity contribution in [3.05, 3.63) is 47.5 Å². The summed E-state index contributed by atoms with van der Waals surface area (Å²) in [6.45, 7) is 8.89. The van der Waals surface area contributed by atoms with Crippen molar-refractivity contribution in [2.75, 3.05) is 25.0 Å². The van der Waals surface area contributed by atoms with E-state index in [1.807, 2.05) is 39.8 Å². The molecule has 0 unspecified atom stereocenters. The number of rotatable bonds is 5. The predicted molar refractivity (Wildman–Crippen MR) is 136 cm³/mol. The summed E-state index contributed by atoms with van der Waals surface area (Å²) >= 11 is 0. The monoisotopic (exact) mass is 489 g/mol. The van der Waals surface area contributed by atoms with Crippen molar-refractivity contribution in [3.63, 3.8) is 0 Å². The highest BCUT2D eigenvalue weighted by molar-refractivity contribution is 5.92. The molecule has 1 aliphatic heterocycles. The number of benzene rings is 2. The van der Waals surface area contributed by atoms with Gasteiger partial charge in [0.25, 0.3) is 0 Å². The summed E-state index contributed by atoms with van der Waals surface area (Å²) < 4.78 is 11.7. The molecule has 0 radical (unpaired) electrons. The second kappa shape index (κ2) is 10.4. The molecule has 1 fully saturated rings. The number of carbonyl (C=O) groups is 2. The van der Waals surface area contributed by atoms with Crippen LogP contribution in [0.1, 0.15) is 44.7 Å². The van der Waals surface area contributed by atoms with Crippen molar-refractivity contribution < 1.29 is 18.7 Å². The third-order valence-corrected chi connectivity index (χ3v) is 5.88. The van der Waals surface area contributed by atoms with E-state index in [9.17, 15) is 9.59 Å². The van der Waals surface area contributed by atoms with Crippen LogP contribution in [0.3, 0.4) is 0 Å². The van der Waals surface area contributed by atoms with Gasteiger partial charge in [-0.05, 0) is 82.5 Å². The number of anilines is 1. The van der Waals surface area contributed by atoms with Crippen LogP contribution < -0.4 is 10.6 Å². The quantitative estimate of drug-likeness (QED) is 0.540. The molecule has 1 aromatic heterocycles. The van der Waals surface area contributed by atoms with E-state index in [2.05, 4.69) is 21.7 Å². The normalized spacial score (nSPS) is 14.5. The molecule has 36 heavy (non-hydrogen) atoms.